The van der Waals surface area contributed by atoms with Crippen molar-refractivity contribution in [1.82, 2.24) is 0 Å². The van der Waals surface area contributed by atoms with Crippen molar-refractivity contribution in [3.63, 3.8) is 0 Å². The van der Waals surface area contributed by atoms with E-state index in [1.807, 2.05) is 19.1 Å². The number of benzene rings is 1. The third kappa shape index (κ3) is 2.94. The van der Waals surface area contributed by atoms with Gasteiger partial charge in [-0.05, 0) is 74.5 Å². The standard InChI is InChI=1S/C21H27F/c1-3-8-20-10-13-21(14-11-20,15-12-20)9-7-17-5-6-18(4-2)19(22)16-17/h5-6,16H,3-4,8,10-15H2,1-2H3. The van der Waals surface area contributed by atoms with Gasteiger partial charge in [0.1, 0.15) is 5.82 Å². The lowest BCUT2D eigenvalue weighted by Crippen LogP contribution is -2.40. The predicted octanol–water partition coefficient (Wildman–Crippen LogP) is 5.88. The molecule has 0 aromatic heterocycles. The van der Waals surface area contributed by atoms with E-state index in [4.69, 9.17) is 0 Å². The molecule has 1 aromatic rings. The molecule has 0 spiro atoms. The Morgan fingerprint density at radius 2 is 1.73 bits per heavy atom. The van der Waals surface area contributed by atoms with Crippen molar-refractivity contribution in [3.8, 4) is 11.8 Å². The van der Waals surface area contributed by atoms with Gasteiger partial charge in [-0.1, -0.05) is 38.2 Å². The molecule has 3 aliphatic carbocycles. The van der Waals surface area contributed by atoms with Crippen LogP contribution in [-0.2, 0) is 6.42 Å². The Kier molecular flexibility index (Phi) is 4.31. The lowest BCUT2D eigenvalue weighted by atomic mass is 9.53. The first-order valence-corrected chi connectivity index (χ1v) is 8.92. The van der Waals surface area contributed by atoms with Gasteiger partial charge in [-0.25, -0.2) is 4.39 Å². The summed E-state index contributed by atoms with van der Waals surface area (Å²) < 4.78 is 13.9. The maximum atomic E-state index is 13.9. The fraction of sp³-hybridized carbons (Fsp3) is 0.619. The van der Waals surface area contributed by atoms with E-state index in [2.05, 4.69) is 18.8 Å². The van der Waals surface area contributed by atoms with Gasteiger partial charge < -0.3 is 0 Å². The van der Waals surface area contributed by atoms with Crippen LogP contribution in [0.15, 0.2) is 18.2 Å². The van der Waals surface area contributed by atoms with E-state index in [-0.39, 0.29) is 11.2 Å². The average molecular weight is 298 g/mol. The maximum absolute atomic E-state index is 13.9. The molecule has 0 unspecified atom stereocenters. The van der Waals surface area contributed by atoms with Crippen LogP contribution in [0.3, 0.4) is 0 Å². The van der Waals surface area contributed by atoms with E-state index in [0.29, 0.717) is 5.41 Å². The Morgan fingerprint density at radius 1 is 1.05 bits per heavy atom. The van der Waals surface area contributed by atoms with Crippen molar-refractivity contribution in [2.45, 2.75) is 71.6 Å². The summed E-state index contributed by atoms with van der Waals surface area (Å²) in [5.41, 5.74) is 2.46. The van der Waals surface area contributed by atoms with E-state index in [1.165, 1.54) is 51.4 Å². The van der Waals surface area contributed by atoms with E-state index in [0.717, 1.165) is 17.5 Å². The quantitative estimate of drug-likeness (QED) is 0.611. The summed E-state index contributed by atoms with van der Waals surface area (Å²) in [7, 11) is 0. The Morgan fingerprint density at radius 3 is 2.27 bits per heavy atom. The lowest BCUT2D eigenvalue weighted by molar-refractivity contribution is 0.0200. The van der Waals surface area contributed by atoms with Crippen molar-refractivity contribution >= 4 is 0 Å². The minimum absolute atomic E-state index is 0.110. The van der Waals surface area contributed by atoms with Crippen LogP contribution >= 0.6 is 0 Å². The molecule has 22 heavy (non-hydrogen) atoms. The van der Waals surface area contributed by atoms with Gasteiger partial charge in [-0.2, -0.15) is 0 Å². The highest BCUT2D eigenvalue weighted by atomic mass is 19.1. The molecule has 3 aliphatic rings. The van der Waals surface area contributed by atoms with Crippen LogP contribution in [0.25, 0.3) is 0 Å². The first-order valence-electron chi connectivity index (χ1n) is 8.92. The molecule has 0 heterocycles. The number of halogens is 1. The zero-order chi connectivity index (χ0) is 15.6. The molecule has 0 N–H and O–H groups in total. The third-order valence-corrected chi connectivity index (χ3v) is 6.09. The summed E-state index contributed by atoms with van der Waals surface area (Å²) in [4.78, 5) is 0. The smallest absolute Gasteiger partial charge is 0.127 e. The second-order valence-corrected chi connectivity index (χ2v) is 7.44. The zero-order valence-electron chi connectivity index (χ0n) is 14.0. The lowest BCUT2D eigenvalue weighted by Gasteiger charge is -2.51. The van der Waals surface area contributed by atoms with E-state index < -0.39 is 0 Å². The van der Waals surface area contributed by atoms with Crippen LogP contribution in [0.1, 0.15) is 76.3 Å². The molecule has 0 aliphatic heterocycles. The second-order valence-electron chi connectivity index (χ2n) is 7.44. The highest BCUT2D eigenvalue weighted by Gasteiger charge is 2.47. The summed E-state index contributed by atoms with van der Waals surface area (Å²) in [6.07, 6.45) is 11.2. The number of hydrogen-bond donors (Lipinski definition) is 0. The van der Waals surface area contributed by atoms with E-state index in [9.17, 15) is 4.39 Å². The van der Waals surface area contributed by atoms with Gasteiger partial charge in [-0.3, -0.25) is 0 Å². The topological polar surface area (TPSA) is 0 Å². The Hall–Kier alpha value is -1.29. The van der Waals surface area contributed by atoms with E-state index in [1.54, 1.807) is 6.07 Å². The normalized spacial score (nSPS) is 30.0. The van der Waals surface area contributed by atoms with Crippen molar-refractivity contribution in [1.29, 1.82) is 0 Å². The molecular formula is C21H27F. The molecule has 2 bridgehead atoms. The van der Waals surface area contributed by atoms with Crippen molar-refractivity contribution < 1.29 is 4.39 Å². The summed E-state index contributed by atoms with van der Waals surface area (Å²) >= 11 is 0. The SMILES string of the molecule is CCCC12CCC(C#Cc3ccc(CC)c(F)c3)(CC1)CC2. The van der Waals surface area contributed by atoms with Gasteiger partial charge >= 0.3 is 0 Å². The number of aryl methyl sites for hydroxylation is 1. The van der Waals surface area contributed by atoms with Crippen LogP contribution in [0.5, 0.6) is 0 Å². The minimum Gasteiger partial charge on any atom is -0.207 e. The molecular weight excluding hydrogens is 271 g/mol. The summed E-state index contributed by atoms with van der Waals surface area (Å²) in [6.45, 7) is 4.29. The van der Waals surface area contributed by atoms with Crippen LogP contribution in [0.2, 0.25) is 0 Å². The Balaban J connectivity index is 1.74. The second kappa shape index (κ2) is 6.07. The monoisotopic (exact) mass is 298 g/mol. The molecule has 0 atom stereocenters. The molecule has 118 valence electrons. The molecule has 0 amide bonds. The van der Waals surface area contributed by atoms with Crippen LogP contribution < -0.4 is 0 Å². The molecule has 0 nitrogen and oxygen atoms in total. The number of fused-ring (bicyclic) bond motifs is 3. The predicted molar refractivity (Wildman–Crippen MR) is 90.1 cm³/mol. The molecule has 3 fully saturated rings. The summed E-state index contributed by atoms with van der Waals surface area (Å²) in [5, 5.41) is 0. The van der Waals surface area contributed by atoms with Crippen molar-refractivity contribution in [2.24, 2.45) is 10.8 Å². The van der Waals surface area contributed by atoms with Gasteiger partial charge in [0.15, 0.2) is 0 Å². The highest BCUT2D eigenvalue weighted by Crippen LogP contribution is 2.58. The molecule has 0 radical (unpaired) electrons. The van der Waals surface area contributed by atoms with Crippen LogP contribution in [0.4, 0.5) is 4.39 Å². The van der Waals surface area contributed by atoms with Crippen LogP contribution in [0, 0.1) is 28.5 Å². The van der Waals surface area contributed by atoms with Gasteiger partial charge in [-0.15, -0.1) is 0 Å². The number of rotatable bonds is 3. The molecule has 1 aromatic carbocycles. The highest BCUT2D eigenvalue weighted by molar-refractivity contribution is 5.38. The van der Waals surface area contributed by atoms with Gasteiger partial charge in [0, 0.05) is 11.0 Å². The van der Waals surface area contributed by atoms with Crippen LogP contribution in [-0.4, -0.2) is 0 Å². The first kappa shape index (κ1) is 15.6. The molecule has 0 saturated heterocycles. The van der Waals surface area contributed by atoms with Gasteiger partial charge in [0.2, 0.25) is 0 Å². The largest absolute Gasteiger partial charge is 0.207 e. The van der Waals surface area contributed by atoms with Crippen molar-refractivity contribution in [2.75, 3.05) is 0 Å². The zero-order valence-corrected chi connectivity index (χ0v) is 14.0. The van der Waals surface area contributed by atoms with Gasteiger partial charge in [0.25, 0.3) is 0 Å². The fourth-order valence-corrected chi connectivity index (χ4v) is 4.47. The molecule has 3 saturated carbocycles. The maximum Gasteiger partial charge on any atom is 0.127 e. The summed E-state index contributed by atoms with van der Waals surface area (Å²) in [6, 6.07) is 5.46. The minimum atomic E-state index is -0.110. The third-order valence-electron chi connectivity index (χ3n) is 6.09. The summed E-state index contributed by atoms with van der Waals surface area (Å²) in [5.74, 6) is 6.71. The first-order chi connectivity index (χ1) is 10.6. The molecule has 1 heteroatoms. The Bertz CT molecular complexity index is 578. The fourth-order valence-electron chi connectivity index (χ4n) is 4.47. The average Bonchev–Trinajstić information content (AvgIpc) is 2.55. The van der Waals surface area contributed by atoms with Crippen molar-refractivity contribution in [3.05, 3.63) is 35.1 Å². The molecule has 4 rings (SSSR count). The van der Waals surface area contributed by atoms with E-state index >= 15 is 0 Å². The Labute approximate surface area is 134 Å². The number of hydrogen-bond acceptors (Lipinski definition) is 0. The van der Waals surface area contributed by atoms with Gasteiger partial charge in [0.05, 0.1) is 0 Å².